The number of nitrogens with zero attached hydrogens (tertiary/aromatic N) is 2. The number of piperidine rings is 1. The standard InChI is InChI=1S/C15H28N2O5S/c1-3-4-12-23(21,22)17-10-7-13(8-11-17)15(20)16(2)9-5-6-14(18)19/h13H,3-12H2,1-2H3,(H,18,19). The number of carbonyl (C=O) groups is 2. The van der Waals surface area contributed by atoms with Gasteiger partial charge in [0.2, 0.25) is 15.9 Å². The fraction of sp³-hybridized carbons (Fsp3) is 0.867. The summed E-state index contributed by atoms with van der Waals surface area (Å²) in [5.74, 6) is -0.864. The molecule has 0 unspecified atom stereocenters. The Bertz CT molecular complexity index is 498. The molecule has 1 saturated heterocycles. The zero-order valence-corrected chi connectivity index (χ0v) is 14.8. The van der Waals surface area contributed by atoms with Gasteiger partial charge in [-0.05, 0) is 25.7 Å². The number of amides is 1. The zero-order valence-electron chi connectivity index (χ0n) is 14.0. The van der Waals surface area contributed by atoms with E-state index in [0.717, 1.165) is 6.42 Å². The number of rotatable bonds is 9. The molecular formula is C15H28N2O5S. The van der Waals surface area contributed by atoms with Crippen LogP contribution in [0.15, 0.2) is 0 Å². The highest BCUT2D eigenvalue weighted by Crippen LogP contribution is 2.22. The van der Waals surface area contributed by atoms with Crippen molar-refractivity contribution in [3.63, 3.8) is 0 Å². The van der Waals surface area contributed by atoms with Crippen LogP contribution in [-0.4, -0.2) is 67.0 Å². The second kappa shape index (κ2) is 9.22. The minimum atomic E-state index is -3.20. The summed E-state index contributed by atoms with van der Waals surface area (Å²) in [6.07, 6.45) is 3.05. The summed E-state index contributed by atoms with van der Waals surface area (Å²) in [6, 6.07) is 0. The number of unbranched alkanes of at least 4 members (excludes halogenated alkanes) is 1. The summed E-state index contributed by atoms with van der Waals surface area (Å²) in [5.41, 5.74) is 0. The molecule has 1 rings (SSSR count). The van der Waals surface area contributed by atoms with Gasteiger partial charge in [-0.3, -0.25) is 9.59 Å². The molecule has 0 atom stereocenters. The van der Waals surface area contributed by atoms with E-state index in [-0.39, 0.29) is 24.0 Å². The van der Waals surface area contributed by atoms with Gasteiger partial charge in [0.05, 0.1) is 5.75 Å². The zero-order chi connectivity index (χ0) is 17.5. The summed E-state index contributed by atoms with van der Waals surface area (Å²) in [5, 5.41) is 8.61. The third kappa shape index (κ3) is 6.47. The van der Waals surface area contributed by atoms with E-state index in [2.05, 4.69) is 0 Å². The van der Waals surface area contributed by atoms with Gasteiger partial charge in [-0.1, -0.05) is 13.3 Å². The molecule has 23 heavy (non-hydrogen) atoms. The molecule has 7 nitrogen and oxygen atoms in total. The Morgan fingerprint density at radius 3 is 2.35 bits per heavy atom. The number of hydrogen-bond acceptors (Lipinski definition) is 4. The first-order valence-corrected chi connectivity index (χ1v) is 9.83. The normalized spacial score (nSPS) is 17.1. The Labute approximate surface area is 138 Å². The van der Waals surface area contributed by atoms with Crippen LogP contribution in [0, 0.1) is 5.92 Å². The van der Waals surface area contributed by atoms with Crippen molar-refractivity contribution in [2.24, 2.45) is 5.92 Å². The highest BCUT2D eigenvalue weighted by atomic mass is 32.2. The van der Waals surface area contributed by atoms with Crippen LogP contribution in [0.5, 0.6) is 0 Å². The molecule has 0 radical (unpaired) electrons. The Kier molecular flexibility index (Phi) is 7.98. The molecule has 1 amide bonds. The molecule has 0 spiro atoms. The van der Waals surface area contributed by atoms with E-state index >= 15 is 0 Å². The Balaban J connectivity index is 2.43. The Morgan fingerprint density at radius 2 is 1.83 bits per heavy atom. The Hall–Kier alpha value is -1.15. The van der Waals surface area contributed by atoms with Crippen LogP contribution in [0.4, 0.5) is 0 Å². The van der Waals surface area contributed by atoms with E-state index < -0.39 is 16.0 Å². The van der Waals surface area contributed by atoms with Crippen LogP contribution < -0.4 is 0 Å². The monoisotopic (exact) mass is 348 g/mol. The van der Waals surface area contributed by atoms with Crippen molar-refractivity contribution in [1.82, 2.24) is 9.21 Å². The van der Waals surface area contributed by atoms with Gasteiger partial charge in [-0.25, -0.2) is 12.7 Å². The highest BCUT2D eigenvalue weighted by Gasteiger charge is 2.31. The van der Waals surface area contributed by atoms with Crippen LogP contribution >= 0.6 is 0 Å². The lowest BCUT2D eigenvalue weighted by molar-refractivity contribution is -0.139. The first-order valence-electron chi connectivity index (χ1n) is 8.22. The Morgan fingerprint density at radius 1 is 1.22 bits per heavy atom. The lowest BCUT2D eigenvalue weighted by atomic mass is 9.96. The van der Waals surface area contributed by atoms with Gasteiger partial charge in [0, 0.05) is 39.0 Å². The number of aliphatic carboxylic acids is 1. The van der Waals surface area contributed by atoms with E-state index in [1.54, 1.807) is 11.9 Å². The van der Waals surface area contributed by atoms with Gasteiger partial charge in [0.1, 0.15) is 0 Å². The van der Waals surface area contributed by atoms with Crippen LogP contribution in [0.1, 0.15) is 45.4 Å². The first kappa shape index (κ1) is 19.9. The van der Waals surface area contributed by atoms with Gasteiger partial charge in [-0.2, -0.15) is 0 Å². The first-order chi connectivity index (χ1) is 10.8. The third-order valence-electron chi connectivity index (χ3n) is 4.21. The largest absolute Gasteiger partial charge is 0.481 e. The second-order valence-corrected chi connectivity index (χ2v) is 8.19. The molecule has 0 bridgehead atoms. The average molecular weight is 348 g/mol. The topological polar surface area (TPSA) is 95.0 Å². The molecule has 1 aliphatic rings. The van der Waals surface area contributed by atoms with E-state index in [9.17, 15) is 18.0 Å². The molecule has 0 aromatic heterocycles. The molecule has 0 aromatic rings. The summed E-state index contributed by atoms with van der Waals surface area (Å²) >= 11 is 0. The van der Waals surface area contributed by atoms with E-state index in [1.165, 1.54) is 4.31 Å². The molecule has 8 heteroatoms. The second-order valence-electron chi connectivity index (χ2n) is 6.10. The molecule has 1 heterocycles. The predicted molar refractivity (Wildman–Crippen MR) is 87.5 cm³/mol. The van der Waals surface area contributed by atoms with Gasteiger partial charge in [0.15, 0.2) is 0 Å². The smallest absolute Gasteiger partial charge is 0.303 e. The molecule has 1 N–H and O–H groups in total. The van der Waals surface area contributed by atoms with Crippen LogP contribution in [-0.2, 0) is 19.6 Å². The third-order valence-corrected chi connectivity index (χ3v) is 6.17. The maximum Gasteiger partial charge on any atom is 0.303 e. The molecule has 0 aromatic carbocycles. The van der Waals surface area contributed by atoms with Gasteiger partial charge >= 0.3 is 5.97 Å². The number of carboxylic acid groups (broad SMARTS) is 1. The fourth-order valence-corrected chi connectivity index (χ4v) is 4.40. The number of carbonyl (C=O) groups excluding carboxylic acids is 1. The quantitative estimate of drug-likeness (QED) is 0.674. The molecule has 0 aliphatic carbocycles. The van der Waals surface area contributed by atoms with Crippen LogP contribution in [0.3, 0.4) is 0 Å². The van der Waals surface area contributed by atoms with E-state index in [4.69, 9.17) is 5.11 Å². The number of carboxylic acids is 1. The number of hydrogen-bond donors (Lipinski definition) is 1. The molecule has 1 fully saturated rings. The minimum Gasteiger partial charge on any atom is -0.481 e. The van der Waals surface area contributed by atoms with Crippen LogP contribution in [0.25, 0.3) is 0 Å². The summed E-state index contributed by atoms with van der Waals surface area (Å²) in [4.78, 5) is 24.4. The van der Waals surface area contributed by atoms with Crippen molar-refractivity contribution in [1.29, 1.82) is 0 Å². The highest BCUT2D eigenvalue weighted by molar-refractivity contribution is 7.89. The predicted octanol–water partition coefficient (Wildman–Crippen LogP) is 1.15. The van der Waals surface area contributed by atoms with Crippen molar-refractivity contribution in [3.05, 3.63) is 0 Å². The van der Waals surface area contributed by atoms with Crippen molar-refractivity contribution >= 4 is 21.9 Å². The molecule has 0 saturated carbocycles. The fourth-order valence-electron chi connectivity index (χ4n) is 2.73. The lowest BCUT2D eigenvalue weighted by Gasteiger charge is -2.32. The van der Waals surface area contributed by atoms with E-state index in [1.807, 2.05) is 6.92 Å². The van der Waals surface area contributed by atoms with Crippen molar-refractivity contribution in [2.45, 2.75) is 45.4 Å². The molecule has 134 valence electrons. The van der Waals surface area contributed by atoms with Gasteiger partial charge in [0.25, 0.3) is 0 Å². The van der Waals surface area contributed by atoms with Crippen molar-refractivity contribution in [2.75, 3.05) is 32.4 Å². The lowest BCUT2D eigenvalue weighted by Crippen LogP contribution is -2.44. The molecular weight excluding hydrogens is 320 g/mol. The average Bonchev–Trinajstić information content (AvgIpc) is 2.52. The van der Waals surface area contributed by atoms with E-state index in [0.29, 0.717) is 45.3 Å². The van der Waals surface area contributed by atoms with Crippen molar-refractivity contribution in [3.8, 4) is 0 Å². The summed E-state index contributed by atoms with van der Waals surface area (Å²) < 4.78 is 25.8. The summed E-state index contributed by atoms with van der Waals surface area (Å²) in [6.45, 7) is 3.16. The van der Waals surface area contributed by atoms with Crippen molar-refractivity contribution < 1.29 is 23.1 Å². The minimum absolute atomic E-state index is 0.0130. The summed E-state index contributed by atoms with van der Waals surface area (Å²) in [7, 11) is -1.52. The number of sulfonamides is 1. The molecule has 1 aliphatic heterocycles. The maximum atomic E-state index is 12.3. The van der Waals surface area contributed by atoms with Gasteiger partial charge < -0.3 is 10.0 Å². The van der Waals surface area contributed by atoms with Gasteiger partial charge in [-0.15, -0.1) is 0 Å². The SMILES string of the molecule is CCCCS(=O)(=O)N1CCC(C(=O)N(C)CCCC(=O)O)CC1. The van der Waals surface area contributed by atoms with Crippen LogP contribution in [0.2, 0.25) is 0 Å². The maximum absolute atomic E-state index is 12.3.